The minimum Gasteiger partial charge on any atom is -0.369 e. The first kappa shape index (κ1) is 22.5. The highest BCUT2D eigenvalue weighted by molar-refractivity contribution is 9.10. The van der Waals surface area contributed by atoms with Crippen molar-refractivity contribution in [3.05, 3.63) is 65.7 Å². The zero-order chi connectivity index (χ0) is 22.3. The van der Waals surface area contributed by atoms with Crippen LogP contribution in [0.25, 0.3) is 5.69 Å². The Bertz CT molecular complexity index is 1050. The second-order valence-electron chi connectivity index (χ2n) is 7.31. The number of aromatic nitrogens is 4. The molecule has 3 aromatic rings. The van der Waals surface area contributed by atoms with Gasteiger partial charge >= 0.3 is 0 Å². The summed E-state index contributed by atoms with van der Waals surface area (Å²) in [5.41, 5.74) is 2.78. The molecule has 1 fully saturated rings. The molecule has 1 aliphatic heterocycles. The normalized spacial score (nSPS) is 14.3. The van der Waals surface area contributed by atoms with Crippen LogP contribution in [-0.4, -0.2) is 69.5 Å². The average Bonchev–Trinajstić information content (AvgIpc) is 3.28. The largest absolute Gasteiger partial charge is 0.369 e. The first-order valence-corrected chi connectivity index (χ1v) is 12.1. The van der Waals surface area contributed by atoms with Crippen LogP contribution in [0, 0.1) is 0 Å². The highest BCUT2D eigenvalue weighted by Gasteiger charge is 2.16. The van der Waals surface area contributed by atoms with E-state index in [2.05, 4.69) is 65.3 Å². The molecule has 1 aliphatic rings. The van der Waals surface area contributed by atoms with Crippen molar-refractivity contribution < 1.29 is 4.79 Å². The SMILES string of the molecule is C=CCN1CCN(c2ccc(NC(=O)CSc3nnnn3-c3ccc(Br)cc3)cc2)CC1. The van der Waals surface area contributed by atoms with Crippen LogP contribution in [0.3, 0.4) is 0 Å². The maximum absolute atomic E-state index is 12.4. The summed E-state index contributed by atoms with van der Waals surface area (Å²) >= 11 is 4.71. The zero-order valence-electron chi connectivity index (χ0n) is 17.5. The Morgan fingerprint density at radius 1 is 1.06 bits per heavy atom. The highest BCUT2D eigenvalue weighted by Crippen LogP contribution is 2.22. The topological polar surface area (TPSA) is 79.2 Å². The minimum absolute atomic E-state index is 0.105. The fourth-order valence-electron chi connectivity index (χ4n) is 3.47. The molecule has 0 saturated carbocycles. The van der Waals surface area contributed by atoms with Gasteiger partial charge in [-0.2, -0.15) is 4.68 Å². The lowest BCUT2D eigenvalue weighted by Gasteiger charge is -2.35. The molecule has 1 aromatic heterocycles. The molecule has 0 aliphatic carbocycles. The van der Waals surface area contributed by atoms with Crippen LogP contribution in [-0.2, 0) is 4.79 Å². The number of nitrogens with one attached hydrogen (secondary N) is 1. The fourth-order valence-corrected chi connectivity index (χ4v) is 4.42. The van der Waals surface area contributed by atoms with Crippen molar-refractivity contribution in [3.8, 4) is 5.69 Å². The number of thioether (sulfide) groups is 1. The van der Waals surface area contributed by atoms with E-state index in [1.807, 2.05) is 42.5 Å². The van der Waals surface area contributed by atoms with Gasteiger partial charge in [0.2, 0.25) is 11.1 Å². The number of piperazine rings is 1. The molecule has 1 saturated heterocycles. The number of rotatable bonds is 8. The number of hydrogen-bond acceptors (Lipinski definition) is 7. The average molecular weight is 514 g/mol. The second kappa shape index (κ2) is 10.8. The lowest BCUT2D eigenvalue weighted by Crippen LogP contribution is -2.46. The van der Waals surface area contributed by atoms with E-state index < -0.39 is 0 Å². The monoisotopic (exact) mass is 513 g/mol. The van der Waals surface area contributed by atoms with Crippen LogP contribution >= 0.6 is 27.7 Å². The van der Waals surface area contributed by atoms with Gasteiger partial charge in [0.25, 0.3) is 0 Å². The van der Waals surface area contributed by atoms with Gasteiger partial charge in [-0.15, -0.1) is 11.7 Å². The summed E-state index contributed by atoms with van der Waals surface area (Å²) in [6, 6.07) is 15.7. The number of benzene rings is 2. The molecule has 0 spiro atoms. The van der Waals surface area contributed by atoms with Gasteiger partial charge in [0.1, 0.15) is 0 Å². The van der Waals surface area contributed by atoms with Gasteiger partial charge in [-0.05, 0) is 59.0 Å². The van der Waals surface area contributed by atoms with Crippen molar-refractivity contribution in [2.75, 3.05) is 48.7 Å². The molecule has 1 amide bonds. The van der Waals surface area contributed by atoms with Gasteiger partial charge in [-0.25, -0.2) is 0 Å². The number of nitrogens with zero attached hydrogens (tertiary/aromatic N) is 6. The van der Waals surface area contributed by atoms with Gasteiger partial charge in [0.15, 0.2) is 0 Å². The summed E-state index contributed by atoms with van der Waals surface area (Å²) in [6.07, 6.45) is 1.95. The van der Waals surface area contributed by atoms with E-state index in [-0.39, 0.29) is 11.7 Å². The van der Waals surface area contributed by atoms with Crippen molar-refractivity contribution in [3.63, 3.8) is 0 Å². The quantitative estimate of drug-likeness (QED) is 0.364. The third-order valence-electron chi connectivity index (χ3n) is 5.12. The van der Waals surface area contributed by atoms with Crippen LogP contribution in [0.15, 0.2) is 70.8 Å². The highest BCUT2D eigenvalue weighted by atomic mass is 79.9. The summed E-state index contributed by atoms with van der Waals surface area (Å²) in [5, 5.41) is 15.3. The van der Waals surface area contributed by atoms with Crippen LogP contribution in [0.4, 0.5) is 11.4 Å². The summed E-state index contributed by atoms with van der Waals surface area (Å²) in [6.45, 7) is 8.78. The van der Waals surface area contributed by atoms with Gasteiger partial charge in [0.05, 0.1) is 11.4 Å². The number of carbonyl (C=O) groups excluding carboxylic acids is 1. The molecule has 8 nitrogen and oxygen atoms in total. The Labute approximate surface area is 199 Å². The lowest BCUT2D eigenvalue weighted by molar-refractivity contribution is -0.113. The Hall–Kier alpha value is -2.69. The molecule has 0 bridgehead atoms. The van der Waals surface area contributed by atoms with Crippen LogP contribution in [0.5, 0.6) is 0 Å². The standard InChI is InChI=1S/C22H24BrN7OS/c1-2-11-28-12-14-29(15-13-28)19-9-5-18(6-10-19)24-21(31)16-32-22-25-26-27-30(22)20-7-3-17(23)4-8-20/h2-10H,1,11-16H2,(H,24,31). The molecule has 32 heavy (non-hydrogen) atoms. The van der Waals surface area contributed by atoms with E-state index in [0.29, 0.717) is 5.16 Å². The van der Waals surface area contributed by atoms with E-state index in [1.165, 1.54) is 17.4 Å². The van der Waals surface area contributed by atoms with Crippen molar-refractivity contribution in [1.82, 2.24) is 25.1 Å². The maximum atomic E-state index is 12.4. The first-order valence-electron chi connectivity index (χ1n) is 10.3. The number of tetrazole rings is 1. The summed E-state index contributed by atoms with van der Waals surface area (Å²) < 4.78 is 2.59. The van der Waals surface area contributed by atoms with Gasteiger partial charge in [0, 0.05) is 48.6 Å². The van der Waals surface area contributed by atoms with E-state index in [4.69, 9.17) is 0 Å². The van der Waals surface area contributed by atoms with E-state index in [0.717, 1.165) is 48.6 Å². The van der Waals surface area contributed by atoms with Crippen LogP contribution in [0.2, 0.25) is 0 Å². The maximum Gasteiger partial charge on any atom is 0.234 e. The van der Waals surface area contributed by atoms with Gasteiger partial charge in [-0.1, -0.05) is 33.8 Å². The first-order chi connectivity index (χ1) is 15.6. The summed E-state index contributed by atoms with van der Waals surface area (Å²) in [4.78, 5) is 17.2. The predicted octanol–water partition coefficient (Wildman–Crippen LogP) is 3.46. The molecule has 0 radical (unpaired) electrons. The van der Waals surface area contributed by atoms with Crippen molar-refractivity contribution in [1.29, 1.82) is 0 Å². The predicted molar refractivity (Wildman–Crippen MR) is 131 cm³/mol. The Balaban J connectivity index is 1.28. The molecule has 4 rings (SSSR count). The van der Waals surface area contributed by atoms with E-state index in [9.17, 15) is 4.79 Å². The molecule has 2 heterocycles. The number of amides is 1. The molecule has 10 heteroatoms. The Morgan fingerprint density at radius 3 is 2.44 bits per heavy atom. The molecular weight excluding hydrogens is 490 g/mol. The zero-order valence-corrected chi connectivity index (χ0v) is 19.9. The molecular formula is C22H24BrN7OS. The molecule has 2 aromatic carbocycles. The van der Waals surface area contributed by atoms with Crippen LogP contribution < -0.4 is 10.2 Å². The lowest BCUT2D eigenvalue weighted by atomic mass is 10.2. The fraction of sp³-hybridized carbons (Fsp3) is 0.273. The number of halogens is 1. The Kier molecular flexibility index (Phi) is 7.56. The van der Waals surface area contributed by atoms with E-state index >= 15 is 0 Å². The molecule has 1 N–H and O–H groups in total. The third-order valence-corrected chi connectivity index (χ3v) is 6.57. The summed E-state index contributed by atoms with van der Waals surface area (Å²) in [7, 11) is 0. The summed E-state index contributed by atoms with van der Waals surface area (Å²) in [5.74, 6) is 0.107. The van der Waals surface area contributed by atoms with Gasteiger partial charge < -0.3 is 10.2 Å². The number of hydrogen-bond donors (Lipinski definition) is 1. The second-order valence-corrected chi connectivity index (χ2v) is 9.17. The van der Waals surface area contributed by atoms with Crippen molar-refractivity contribution >= 4 is 45.0 Å². The number of carbonyl (C=O) groups is 1. The van der Waals surface area contributed by atoms with Crippen molar-refractivity contribution in [2.45, 2.75) is 5.16 Å². The van der Waals surface area contributed by atoms with Crippen LogP contribution in [0.1, 0.15) is 0 Å². The Morgan fingerprint density at radius 2 is 1.75 bits per heavy atom. The number of anilines is 2. The van der Waals surface area contributed by atoms with Crippen molar-refractivity contribution in [2.24, 2.45) is 0 Å². The van der Waals surface area contributed by atoms with E-state index in [1.54, 1.807) is 4.68 Å². The van der Waals surface area contributed by atoms with Gasteiger partial charge in [-0.3, -0.25) is 9.69 Å². The molecule has 166 valence electrons. The molecule has 0 unspecified atom stereocenters. The molecule has 0 atom stereocenters. The third kappa shape index (κ3) is 5.76. The smallest absolute Gasteiger partial charge is 0.234 e. The minimum atomic E-state index is -0.105.